The number of fused-ring (bicyclic) bond motifs is 1. The number of imidazole rings is 1. The third-order valence-electron chi connectivity index (χ3n) is 5.46. The lowest BCUT2D eigenvalue weighted by molar-refractivity contribution is -0.122. The van der Waals surface area contributed by atoms with Crippen LogP contribution < -0.4 is 0 Å². The molecule has 1 N–H and O–H groups in total. The molecule has 0 saturated carbocycles. The molecule has 2 saturated heterocycles. The molecule has 3 heterocycles. The van der Waals surface area contributed by atoms with E-state index in [1.165, 1.54) is 51.3 Å². The van der Waals surface area contributed by atoms with Gasteiger partial charge in [0.15, 0.2) is 0 Å². The summed E-state index contributed by atoms with van der Waals surface area (Å²) in [5, 5.41) is 6.89. The first kappa shape index (κ1) is 18.6. The molecule has 26 heavy (non-hydrogen) atoms. The van der Waals surface area contributed by atoms with Gasteiger partial charge in [0.1, 0.15) is 11.6 Å². The van der Waals surface area contributed by atoms with Crippen LogP contribution in [0.25, 0.3) is 11.4 Å². The van der Waals surface area contributed by atoms with Gasteiger partial charge in [-0.3, -0.25) is 4.79 Å². The topological polar surface area (TPSA) is 58.4 Å². The van der Waals surface area contributed by atoms with Crippen molar-refractivity contribution in [3.8, 4) is 11.4 Å². The second-order valence-corrected chi connectivity index (χ2v) is 7.02. The Morgan fingerprint density at radius 3 is 2.85 bits per heavy atom. The van der Waals surface area contributed by atoms with E-state index in [-0.39, 0.29) is 12.3 Å². The number of carbonyl (C=O) groups is 1. The molecule has 0 amide bonds. The van der Waals surface area contributed by atoms with Crippen LogP contribution in [0.1, 0.15) is 32.1 Å². The smallest absolute Gasteiger partial charge is 0.290 e. The van der Waals surface area contributed by atoms with Crippen LogP contribution in [-0.4, -0.2) is 45.2 Å². The molecule has 6 heteroatoms. The maximum Gasteiger partial charge on any atom is 0.290 e. The molecule has 0 radical (unpaired) electrons. The molecule has 2 atom stereocenters. The molecule has 0 aliphatic carbocycles. The average Bonchev–Trinajstić information content (AvgIpc) is 3.11. The quantitative estimate of drug-likeness (QED) is 0.850. The monoisotopic (exact) mass is 359 g/mol. The van der Waals surface area contributed by atoms with Gasteiger partial charge in [-0.15, -0.1) is 0 Å². The van der Waals surface area contributed by atoms with Gasteiger partial charge in [-0.05, 0) is 56.8 Å². The van der Waals surface area contributed by atoms with Gasteiger partial charge in [-0.1, -0.05) is 18.6 Å². The van der Waals surface area contributed by atoms with Crippen molar-refractivity contribution < 1.29 is 14.3 Å². The zero-order valence-corrected chi connectivity index (χ0v) is 14.9. The minimum atomic E-state index is -0.250. The third kappa shape index (κ3) is 4.30. The lowest BCUT2D eigenvalue weighted by atomic mass is 9.83. The second-order valence-electron chi connectivity index (χ2n) is 7.02. The average molecular weight is 359 g/mol. The highest BCUT2D eigenvalue weighted by molar-refractivity contribution is 5.55. The van der Waals surface area contributed by atoms with Crippen LogP contribution >= 0.6 is 0 Å². The predicted molar refractivity (Wildman–Crippen MR) is 98.2 cm³/mol. The number of hydrogen-bond acceptors (Lipinski definition) is 3. The van der Waals surface area contributed by atoms with E-state index < -0.39 is 0 Å². The van der Waals surface area contributed by atoms with Crippen LogP contribution in [-0.2, 0) is 11.3 Å². The Morgan fingerprint density at radius 1 is 1.23 bits per heavy atom. The third-order valence-corrected chi connectivity index (χ3v) is 5.46. The Kier molecular flexibility index (Phi) is 6.39. The van der Waals surface area contributed by atoms with Crippen molar-refractivity contribution >= 4 is 6.47 Å². The van der Waals surface area contributed by atoms with E-state index >= 15 is 0 Å². The Morgan fingerprint density at radius 2 is 2.04 bits per heavy atom. The Labute approximate surface area is 153 Å². The van der Waals surface area contributed by atoms with Gasteiger partial charge in [-0.25, -0.2) is 9.37 Å². The number of halogens is 1. The molecule has 0 unspecified atom stereocenters. The van der Waals surface area contributed by atoms with E-state index in [2.05, 4.69) is 14.5 Å². The molecule has 0 bridgehead atoms. The molecule has 0 spiro atoms. The standard InChI is InChI=1S/C19H24FN3.CH2O2/c20-17-7-3-5-15(13-17)19-21-9-12-23(19)14-16-6-4-11-22-10-2-1-8-18(16)22;2-1-3/h3,5,7,9,12-13,16,18H,1-2,4,6,8,10-11,14H2;1H,(H,2,3)/t16-,18+;/m0./s1. The summed E-state index contributed by atoms with van der Waals surface area (Å²) in [6.45, 7) is 3.27. The number of rotatable bonds is 3. The predicted octanol–water partition coefficient (Wildman–Crippen LogP) is 3.65. The summed E-state index contributed by atoms with van der Waals surface area (Å²) in [6, 6.07) is 7.48. The van der Waals surface area contributed by atoms with E-state index in [1.54, 1.807) is 12.1 Å². The van der Waals surface area contributed by atoms with Crippen LogP contribution in [0.15, 0.2) is 36.7 Å². The van der Waals surface area contributed by atoms with E-state index in [1.807, 2.05) is 18.5 Å². The van der Waals surface area contributed by atoms with E-state index in [4.69, 9.17) is 9.90 Å². The Hall–Kier alpha value is -2.21. The van der Waals surface area contributed by atoms with Gasteiger partial charge in [0, 0.05) is 30.5 Å². The highest BCUT2D eigenvalue weighted by Crippen LogP contribution is 2.32. The van der Waals surface area contributed by atoms with E-state index in [0.717, 1.165) is 24.0 Å². The van der Waals surface area contributed by atoms with Crippen LogP contribution in [0.3, 0.4) is 0 Å². The van der Waals surface area contributed by atoms with Crippen molar-refractivity contribution in [3.05, 3.63) is 42.5 Å². The molecule has 5 nitrogen and oxygen atoms in total. The van der Waals surface area contributed by atoms with Gasteiger partial charge < -0.3 is 14.6 Å². The Balaban J connectivity index is 0.000000613. The van der Waals surface area contributed by atoms with Crippen LogP contribution in [0.5, 0.6) is 0 Å². The van der Waals surface area contributed by atoms with Crippen LogP contribution in [0, 0.1) is 11.7 Å². The van der Waals surface area contributed by atoms with Crippen LogP contribution in [0.2, 0.25) is 0 Å². The van der Waals surface area contributed by atoms with Crippen molar-refractivity contribution in [1.29, 1.82) is 0 Å². The van der Waals surface area contributed by atoms with Gasteiger partial charge in [-0.2, -0.15) is 0 Å². The number of piperidine rings is 2. The number of hydrogen-bond donors (Lipinski definition) is 1. The first-order valence-corrected chi connectivity index (χ1v) is 9.32. The molecule has 2 aromatic rings. The van der Waals surface area contributed by atoms with Crippen molar-refractivity contribution in [2.75, 3.05) is 13.1 Å². The number of carboxylic acid groups (broad SMARTS) is 1. The van der Waals surface area contributed by atoms with Crippen molar-refractivity contribution in [1.82, 2.24) is 14.5 Å². The summed E-state index contributed by atoms with van der Waals surface area (Å²) >= 11 is 0. The minimum Gasteiger partial charge on any atom is -0.483 e. The van der Waals surface area contributed by atoms with Gasteiger partial charge in [0.05, 0.1) is 0 Å². The highest BCUT2D eigenvalue weighted by Gasteiger charge is 2.33. The summed E-state index contributed by atoms with van der Waals surface area (Å²) in [5.74, 6) is 1.37. The number of aromatic nitrogens is 2. The minimum absolute atomic E-state index is 0.201. The van der Waals surface area contributed by atoms with Gasteiger partial charge in [0.2, 0.25) is 0 Å². The molecular formula is C20H26FN3O2. The zero-order chi connectivity index (χ0) is 18.4. The second kappa shape index (κ2) is 8.94. The summed E-state index contributed by atoms with van der Waals surface area (Å²) < 4.78 is 15.7. The lowest BCUT2D eigenvalue weighted by Gasteiger charge is -2.44. The van der Waals surface area contributed by atoms with Crippen molar-refractivity contribution in [3.63, 3.8) is 0 Å². The van der Waals surface area contributed by atoms with E-state index in [9.17, 15) is 4.39 Å². The van der Waals surface area contributed by atoms with E-state index in [0.29, 0.717) is 5.92 Å². The molecule has 140 valence electrons. The zero-order valence-electron chi connectivity index (χ0n) is 14.9. The fourth-order valence-corrected chi connectivity index (χ4v) is 4.39. The first-order chi connectivity index (χ1) is 12.7. The Bertz CT molecular complexity index is 717. The summed E-state index contributed by atoms with van der Waals surface area (Å²) in [6.07, 6.45) is 10.5. The fourth-order valence-electron chi connectivity index (χ4n) is 4.39. The first-order valence-electron chi connectivity index (χ1n) is 9.32. The number of benzene rings is 1. The maximum atomic E-state index is 13.5. The molecule has 4 rings (SSSR count). The van der Waals surface area contributed by atoms with Crippen molar-refractivity contribution in [2.24, 2.45) is 5.92 Å². The number of nitrogens with zero attached hydrogens (tertiary/aromatic N) is 3. The van der Waals surface area contributed by atoms with Gasteiger partial charge >= 0.3 is 0 Å². The molecule has 1 aromatic carbocycles. The molecule has 2 fully saturated rings. The molecule has 1 aromatic heterocycles. The van der Waals surface area contributed by atoms with Crippen LogP contribution in [0.4, 0.5) is 4.39 Å². The lowest BCUT2D eigenvalue weighted by Crippen LogP contribution is -2.49. The SMILES string of the molecule is Fc1cccc(-c2nccn2C[C@@H]2CCCN3CCCC[C@H]23)c1.O=CO. The molecule has 2 aliphatic rings. The highest BCUT2D eigenvalue weighted by atomic mass is 19.1. The summed E-state index contributed by atoms with van der Waals surface area (Å²) in [5.41, 5.74) is 0.867. The summed E-state index contributed by atoms with van der Waals surface area (Å²) in [4.78, 5) is 15.5. The fraction of sp³-hybridized carbons (Fsp3) is 0.500. The van der Waals surface area contributed by atoms with Crippen molar-refractivity contribution in [2.45, 2.75) is 44.7 Å². The molecule has 2 aliphatic heterocycles. The normalized spacial score (nSPS) is 22.8. The maximum absolute atomic E-state index is 13.5. The summed E-state index contributed by atoms with van der Waals surface area (Å²) in [7, 11) is 0. The molecular weight excluding hydrogens is 333 g/mol. The largest absolute Gasteiger partial charge is 0.483 e. The van der Waals surface area contributed by atoms with Gasteiger partial charge in [0.25, 0.3) is 6.47 Å².